The van der Waals surface area contributed by atoms with E-state index in [0.29, 0.717) is 0 Å². The maximum Gasteiger partial charge on any atom is 0.325 e. The molecule has 5 heteroatoms. The summed E-state index contributed by atoms with van der Waals surface area (Å²) in [6, 6.07) is 8.92. The molecule has 2 rings (SSSR count). The molecule has 0 aliphatic carbocycles. The van der Waals surface area contributed by atoms with E-state index in [1.165, 1.54) is 0 Å². The molecule has 3 atom stereocenters. The number of likely N-dealkylation sites (tertiary alicyclic amines) is 1. The number of piperidine rings is 1. The van der Waals surface area contributed by atoms with Gasteiger partial charge in [0.1, 0.15) is 11.6 Å². The smallest absolute Gasteiger partial charge is 0.325 e. The van der Waals surface area contributed by atoms with E-state index in [4.69, 9.17) is 10.5 Å². The summed E-state index contributed by atoms with van der Waals surface area (Å²) in [5.41, 5.74) is 6.76. The number of esters is 1. The van der Waals surface area contributed by atoms with Crippen LogP contribution in [0.5, 0.6) is 0 Å². The second kappa shape index (κ2) is 8.10. The third-order valence-corrected chi connectivity index (χ3v) is 4.44. The molecular weight excluding hydrogens is 304 g/mol. The molecule has 1 fully saturated rings. The van der Waals surface area contributed by atoms with Gasteiger partial charge in [0.05, 0.1) is 12.6 Å². The van der Waals surface area contributed by atoms with Crippen molar-refractivity contribution in [2.24, 2.45) is 5.73 Å². The van der Waals surface area contributed by atoms with Crippen molar-refractivity contribution in [3.8, 4) is 0 Å². The standard InChI is InChI=1S/C19H30N2O3/c1-19(2,3)24-18(23)17(20)15-11-7-8-12-21(15)16(13-22)14-9-5-4-6-10-14/h4-6,9-10,15-17,22H,7-8,11-13,20H2,1-3H3/t15-,16-,17?/m0/s1. The normalized spacial score (nSPS) is 22.0. The summed E-state index contributed by atoms with van der Waals surface area (Å²) in [5, 5.41) is 9.96. The van der Waals surface area contributed by atoms with Crippen LogP contribution in [0.4, 0.5) is 0 Å². The van der Waals surface area contributed by atoms with Crippen molar-refractivity contribution in [2.75, 3.05) is 13.2 Å². The highest BCUT2D eigenvalue weighted by Gasteiger charge is 2.37. The molecule has 0 saturated carbocycles. The molecule has 0 spiro atoms. The molecule has 1 unspecified atom stereocenters. The zero-order chi connectivity index (χ0) is 17.7. The maximum absolute atomic E-state index is 12.4. The van der Waals surface area contributed by atoms with Crippen molar-refractivity contribution in [1.82, 2.24) is 4.90 Å². The predicted octanol–water partition coefficient (Wildman–Crippen LogP) is 2.24. The van der Waals surface area contributed by atoms with Crippen molar-refractivity contribution in [1.29, 1.82) is 0 Å². The number of nitrogens with zero attached hydrogens (tertiary/aromatic N) is 1. The number of aliphatic hydroxyl groups excluding tert-OH is 1. The fraction of sp³-hybridized carbons (Fsp3) is 0.632. The number of carbonyl (C=O) groups excluding carboxylic acids is 1. The third-order valence-electron chi connectivity index (χ3n) is 4.44. The minimum absolute atomic E-state index is 0.00154. The second-order valence-corrected chi connectivity index (χ2v) is 7.47. The van der Waals surface area contributed by atoms with Crippen molar-refractivity contribution >= 4 is 5.97 Å². The monoisotopic (exact) mass is 334 g/mol. The summed E-state index contributed by atoms with van der Waals surface area (Å²) in [6.45, 7) is 6.35. The highest BCUT2D eigenvalue weighted by molar-refractivity contribution is 5.77. The van der Waals surface area contributed by atoms with Gasteiger partial charge >= 0.3 is 5.97 Å². The lowest BCUT2D eigenvalue weighted by molar-refractivity contribution is -0.159. The van der Waals surface area contributed by atoms with Crippen molar-refractivity contribution in [3.05, 3.63) is 35.9 Å². The Labute approximate surface area is 144 Å². The molecule has 1 aliphatic rings. The lowest BCUT2D eigenvalue weighted by Crippen LogP contribution is -2.56. The lowest BCUT2D eigenvalue weighted by Gasteiger charge is -2.43. The summed E-state index contributed by atoms with van der Waals surface area (Å²) in [7, 11) is 0. The summed E-state index contributed by atoms with van der Waals surface area (Å²) in [5.74, 6) is -0.371. The van der Waals surface area contributed by atoms with E-state index in [0.717, 1.165) is 31.4 Å². The van der Waals surface area contributed by atoms with Crippen LogP contribution in [0, 0.1) is 0 Å². The summed E-state index contributed by atoms with van der Waals surface area (Å²) in [6.07, 6.45) is 2.91. The highest BCUT2D eigenvalue weighted by Crippen LogP contribution is 2.30. The van der Waals surface area contributed by atoms with Crippen LogP contribution in [-0.2, 0) is 9.53 Å². The number of aliphatic hydroxyl groups is 1. The van der Waals surface area contributed by atoms with Crippen molar-refractivity contribution in [2.45, 2.75) is 63.8 Å². The Balaban J connectivity index is 2.19. The number of benzene rings is 1. The number of hydrogen-bond donors (Lipinski definition) is 2. The molecule has 1 saturated heterocycles. The molecule has 0 amide bonds. The van der Waals surface area contributed by atoms with Gasteiger partial charge in [-0.25, -0.2) is 0 Å². The van der Waals surface area contributed by atoms with Gasteiger partial charge in [0.2, 0.25) is 0 Å². The van der Waals surface area contributed by atoms with Crippen LogP contribution in [-0.4, -0.2) is 46.8 Å². The zero-order valence-corrected chi connectivity index (χ0v) is 14.9. The Bertz CT molecular complexity index is 527. The summed E-state index contributed by atoms with van der Waals surface area (Å²) < 4.78 is 5.47. The van der Waals surface area contributed by atoms with Crippen LogP contribution >= 0.6 is 0 Å². The van der Waals surface area contributed by atoms with Crippen LogP contribution in [0.3, 0.4) is 0 Å². The van der Waals surface area contributed by atoms with Gasteiger partial charge in [0, 0.05) is 6.04 Å². The lowest BCUT2D eigenvalue weighted by atomic mass is 9.92. The van der Waals surface area contributed by atoms with Gasteiger partial charge < -0.3 is 15.6 Å². The molecule has 1 aromatic carbocycles. The van der Waals surface area contributed by atoms with Gasteiger partial charge in [-0.1, -0.05) is 36.8 Å². The van der Waals surface area contributed by atoms with E-state index in [1.807, 2.05) is 51.1 Å². The molecule has 24 heavy (non-hydrogen) atoms. The number of rotatable bonds is 5. The fourth-order valence-corrected chi connectivity index (χ4v) is 3.36. The molecule has 1 heterocycles. The Kier molecular flexibility index (Phi) is 6.38. The van der Waals surface area contributed by atoms with E-state index >= 15 is 0 Å². The van der Waals surface area contributed by atoms with Gasteiger partial charge in [0.15, 0.2) is 0 Å². The number of ether oxygens (including phenoxy) is 1. The fourth-order valence-electron chi connectivity index (χ4n) is 3.36. The average Bonchev–Trinajstić information content (AvgIpc) is 2.55. The molecule has 0 radical (unpaired) electrons. The predicted molar refractivity (Wildman–Crippen MR) is 94.4 cm³/mol. The summed E-state index contributed by atoms with van der Waals surface area (Å²) >= 11 is 0. The van der Waals surface area contributed by atoms with E-state index in [-0.39, 0.29) is 24.7 Å². The minimum atomic E-state index is -0.706. The third kappa shape index (κ3) is 4.79. The van der Waals surface area contributed by atoms with Crippen LogP contribution in [0.15, 0.2) is 30.3 Å². The van der Waals surface area contributed by atoms with Crippen LogP contribution in [0.2, 0.25) is 0 Å². The number of nitrogens with two attached hydrogens (primary N) is 1. The van der Waals surface area contributed by atoms with Gasteiger partial charge in [-0.15, -0.1) is 0 Å². The van der Waals surface area contributed by atoms with E-state index in [9.17, 15) is 9.90 Å². The van der Waals surface area contributed by atoms with Crippen molar-refractivity contribution < 1.29 is 14.6 Å². The first-order chi connectivity index (χ1) is 11.3. The number of carbonyl (C=O) groups is 1. The SMILES string of the molecule is CC(C)(C)OC(=O)C(N)[C@@H]1CCCCN1[C@@H](CO)c1ccccc1. The Hall–Kier alpha value is -1.43. The van der Waals surface area contributed by atoms with E-state index in [1.54, 1.807) is 0 Å². The summed E-state index contributed by atoms with van der Waals surface area (Å²) in [4.78, 5) is 14.6. The Morgan fingerprint density at radius 1 is 1.33 bits per heavy atom. The van der Waals surface area contributed by atoms with Crippen LogP contribution in [0.1, 0.15) is 51.6 Å². The Morgan fingerprint density at radius 3 is 2.58 bits per heavy atom. The minimum Gasteiger partial charge on any atom is -0.459 e. The first kappa shape index (κ1) is 18.9. The van der Waals surface area contributed by atoms with E-state index < -0.39 is 11.6 Å². The first-order valence-electron chi connectivity index (χ1n) is 8.73. The van der Waals surface area contributed by atoms with Crippen molar-refractivity contribution in [3.63, 3.8) is 0 Å². The molecular formula is C19H30N2O3. The molecule has 0 bridgehead atoms. The molecule has 1 aromatic rings. The Morgan fingerprint density at radius 2 is 2.00 bits per heavy atom. The maximum atomic E-state index is 12.4. The van der Waals surface area contributed by atoms with E-state index in [2.05, 4.69) is 4.90 Å². The van der Waals surface area contributed by atoms with Gasteiger partial charge in [-0.3, -0.25) is 9.69 Å². The molecule has 1 aliphatic heterocycles. The van der Waals surface area contributed by atoms with Gasteiger partial charge in [-0.2, -0.15) is 0 Å². The molecule has 3 N–H and O–H groups in total. The first-order valence-corrected chi connectivity index (χ1v) is 8.73. The average molecular weight is 334 g/mol. The molecule has 0 aromatic heterocycles. The van der Waals surface area contributed by atoms with Gasteiger partial charge in [0.25, 0.3) is 0 Å². The second-order valence-electron chi connectivity index (χ2n) is 7.47. The topological polar surface area (TPSA) is 75.8 Å². The quantitative estimate of drug-likeness (QED) is 0.808. The highest BCUT2D eigenvalue weighted by atomic mass is 16.6. The van der Waals surface area contributed by atoms with Gasteiger partial charge in [-0.05, 0) is 45.7 Å². The largest absolute Gasteiger partial charge is 0.459 e. The number of hydrogen-bond acceptors (Lipinski definition) is 5. The van der Waals surface area contributed by atoms with Crippen LogP contribution < -0.4 is 5.73 Å². The van der Waals surface area contributed by atoms with Crippen LogP contribution in [0.25, 0.3) is 0 Å². The molecule has 134 valence electrons. The molecule has 5 nitrogen and oxygen atoms in total. The zero-order valence-electron chi connectivity index (χ0n) is 14.9.